The number of anilines is 1. The highest BCUT2D eigenvalue weighted by Gasteiger charge is 2.14. The van der Waals surface area contributed by atoms with Gasteiger partial charge in [0.1, 0.15) is 0 Å². The molecule has 2 rings (SSSR count). The van der Waals surface area contributed by atoms with Crippen molar-refractivity contribution in [3.8, 4) is 0 Å². The molecule has 0 saturated heterocycles. The van der Waals surface area contributed by atoms with E-state index in [1.54, 1.807) is 0 Å². The number of benzene rings is 1. The predicted octanol–water partition coefficient (Wildman–Crippen LogP) is 3.41. The van der Waals surface area contributed by atoms with Gasteiger partial charge in [-0.15, -0.1) is 0 Å². The Balaban J connectivity index is 1.74. The van der Waals surface area contributed by atoms with Crippen LogP contribution in [0.25, 0.3) is 0 Å². The maximum Gasteiger partial charge on any atom is 0.319 e. The summed E-state index contributed by atoms with van der Waals surface area (Å²) >= 11 is 0. The van der Waals surface area contributed by atoms with Gasteiger partial charge in [-0.3, -0.25) is 0 Å². The second kappa shape index (κ2) is 7.29. The van der Waals surface area contributed by atoms with E-state index in [2.05, 4.69) is 10.6 Å². The van der Waals surface area contributed by atoms with Gasteiger partial charge in [-0.05, 0) is 37.0 Å². The van der Waals surface area contributed by atoms with Crippen LogP contribution < -0.4 is 16.4 Å². The van der Waals surface area contributed by atoms with Crippen molar-refractivity contribution in [2.24, 2.45) is 11.7 Å². The van der Waals surface area contributed by atoms with Crippen LogP contribution in [-0.4, -0.2) is 12.6 Å². The van der Waals surface area contributed by atoms with Crippen LogP contribution in [0.3, 0.4) is 0 Å². The first-order valence-corrected chi connectivity index (χ1v) is 7.55. The van der Waals surface area contributed by atoms with E-state index in [-0.39, 0.29) is 12.1 Å². The van der Waals surface area contributed by atoms with Gasteiger partial charge in [0, 0.05) is 18.3 Å². The lowest BCUT2D eigenvalue weighted by Gasteiger charge is -2.12. The molecule has 4 N–H and O–H groups in total. The zero-order valence-electron chi connectivity index (χ0n) is 12.2. The molecule has 1 aromatic rings. The first-order chi connectivity index (χ1) is 9.65. The number of nitrogens with two attached hydrogens (primary N) is 1. The Morgan fingerprint density at radius 2 is 2.15 bits per heavy atom. The van der Waals surface area contributed by atoms with Gasteiger partial charge < -0.3 is 16.4 Å². The minimum Gasteiger partial charge on any atom is -0.338 e. The fourth-order valence-electron chi connectivity index (χ4n) is 2.76. The van der Waals surface area contributed by atoms with Crippen LogP contribution in [-0.2, 0) is 0 Å². The van der Waals surface area contributed by atoms with Crippen LogP contribution in [0.2, 0.25) is 0 Å². The van der Waals surface area contributed by atoms with E-state index < -0.39 is 0 Å². The van der Waals surface area contributed by atoms with Crippen LogP contribution in [0.15, 0.2) is 24.3 Å². The summed E-state index contributed by atoms with van der Waals surface area (Å²) in [5.41, 5.74) is 7.65. The summed E-state index contributed by atoms with van der Waals surface area (Å²) in [4.78, 5) is 11.8. The quantitative estimate of drug-likeness (QED) is 0.771. The number of amides is 2. The maximum atomic E-state index is 11.8. The van der Waals surface area contributed by atoms with Crippen LogP contribution >= 0.6 is 0 Å². The topological polar surface area (TPSA) is 67.1 Å². The van der Waals surface area contributed by atoms with Crippen molar-refractivity contribution in [3.05, 3.63) is 29.8 Å². The van der Waals surface area contributed by atoms with Crippen LogP contribution in [0.4, 0.5) is 10.5 Å². The second-order valence-corrected chi connectivity index (χ2v) is 5.73. The summed E-state index contributed by atoms with van der Waals surface area (Å²) in [5.74, 6) is 0.803. The molecule has 0 bridgehead atoms. The van der Waals surface area contributed by atoms with Gasteiger partial charge in [0.15, 0.2) is 0 Å². The summed E-state index contributed by atoms with van der Waals surface area (Å²) in [7, 11) is 0. The lowest BCUT2D eigenvalue weighted by atomic mass is 10.0. The van der Waals surface area contributed by atoms with Crippen LogP contribution in [0.5, 0.6) is 0 Å². The molecular formula is C16H25N3O. The van der Waals surface area contributed by atoms with Gasteiger partial charge in [0.2, 0.25) is 0 Å². The monoisotopic (exact) mass is 275 g/mol. The van der Waals surface area contributed by atoms with E-state index in [1.807, 2.05) is 31.2 Å². The number of hydrogen-bond donors (Lipinski definition) is 3. The molecule has 1 aromatic carbocycles. The predicted molar refractivity (Wildman–Crippen MR) is 82.6 cm³/mol. The van der Waals surface area contributed by atoms with Crippen molar-refractivity contribution in [3.63, 3.8) is 0 Å². The minimum atomic E-state index is -0.134. The van der Waals surface area contributed by atoms with E-state index in [0.29, 0.717) is 0 Å². The number of rotatable bonds is 5. The van der Waals surface area contributed by atoms with Crippen molar-refractivity contribution in [1.29, 1.82) is 0 Å². The molecule has 0 aromatic heterocycles. The van der Waals surface area contributed by atoms with E-state index >= 15 is 0 Å². The van der Waals surface area contributed by atoms with Crippen LogP contribution in [0.1, 0.15) is 50.6 Å². The fourth-order valence-corrected chi connectivity index (χ4v) is 2.76. The highest BCUT2D eigenvalue weighted by molar-refractivity contribution is 5.89. The number of carbonyl (C=O) groups is 1. The summed E-state index contributed by atoms with van der Waals surface area (Å²) in [6.07, 6.45) is 6.43. The van der Waals surface area contributed by atoms with Crippen molar-refractivity contribution >= 4 is 11.7 Å². The van der Waals surface area contributed by atoms with Crippen molar-refractivity contribution in [2.45, 2.75) is 45.1 Å². The molecule has 0 spiro atoms. The molecule has 1 unspecified atom stereocenters. The van der Waals surface area contributed by atoms with Crippen LogP contribution in [0, 0.1) is 5.92 Å². The van der Waals surface area contributed by atoms with E-state index in [9.17, 15) is 4.79 Å². The molecule has 1 saturated carbocycles. The van der Waals surface area contributed by atoms with Gasteiger partial charge in [0.05, 0.1) is 0 Å². The Morgan fingerprint density at radius 1 is 1.40 bits per heavy atom. The number of urea groups is 1. The molecule has 20 heavy (non-hydrogen) atoms. The molecule has 4 nitrogen and oxygen atoms in total. The minimum absolute atomic E-state index is 0.0258. The summed E-state index contributed by atoms with van der Waals surface area (Å²) in [6, 6.07) is 7.51. The Morgan fingerprint density at radius 3 is 2.85 bits per heavy atom. The average molecular weight is 275 g/mol. The third-order valence-corrected chi connectivity index (χ3v) is 3.98. The lowest BCUT2D eigenvalue weighted by molar-refractivity contribution is 0.251. The molecule has 2 amide bonds. The molecule has 0 radical (unpaired) electrons. The van der Waals surface area contributed by atoms with Crippen molar-refractivity contribution in [1.82, 2.24) is 5.32 Å². The first kappa shape index (κ1) is 14.9. The number of nitrogens with one attached hydrogen (secondary N) is 2. The Bertz CT molecular complexity index is 439. The third-order valence-electron chi connectivity index (χ3n) is 3.98. The number of hydrogen-bond acceptors (Lipinski definition) is 2. The average Bonchev–Trinajstić information content (AvgIpc) is 2.92. The zero-order chi connectivity index (χ0) is 14.4. The van der Waals surface area contributed by atoms with Gasteiger partial charge in [-0.2, -0.15) is 0 Å². The highest BCUT2D eigenvalue weighted by Crippen LogP contribution is 2.26. The van der Waals surface area contributed by atoms with Gasteiger partial charge in [-0.1, -0.05) is 37.8 Å². The SMILES string of the molecule is CC(N)c1cccc(NC(=O)NCCC2CCCC2)c1. The molecule has 0 heterocycles. The summed E-state index contributed by atoms with van der Waals surface area (Å²) in [5, 5.41) is 5.78. The molecule has 1 fully saturated rings. The zero-order valence-corrected chi connectivity index (χ0v) is 12.2. The Kier molecular flexibility index (Phi) is 5.41. The summed E-state index contributed by atoms with van der Waals surface area (Å²) in [6.45, 7) is 2.68. The molecule has 1 aliphatic carbocycles. The molecule has 4 heteroatoms. The Hall–Kier alpha value is -1.55. The third kappa shape index (κ3) is 4.53. The van der Waals surface area contributed by atoms with Gasteiger partial charge >= 0.3 is 6.03 Å². The molecule has 110 valence electrons. The van der Waals surface area contributed by atoms with Gasteiger partial charge in [0.25, 0.3) is 0 Å². The normalized spacial score (nSPS) is 16.9. The summed E-state index contributed by atoms with van der Waals surface area (Å²) < 4.78 is 0. The van der Waals surface area contributed by atoms with Crippen molar-refractivity contribution < 1.29 is 4.79 Å². The van der Waals surface area contributed by atoms with Crippen molar-refractivity contribution in [2.75, 3.05) is 11.9 Å². The highest BCUT2D eigenvalue weighted by atomic mass is 16.2. The maximum absolute atomic E-state index is 11.8. The molecular weight excluding hydrogens is 250 g/mol. The van der Waals surface area contributed by atoms with Gasteiger partial charge in [-0.25, -0.2) is 4.79 Å². The first-order valence-electron chi connectivity index (χ1n) is 7.55. The smallest absolute Gasteiger partial charge is 0.319 e. The standard InChI is InChI=1S/C16H25N3O/c1-12(17)14-7-4-8-15(11-14)19-16(20)18-10-9-13-5-2-3-6-13/h4,7-8,11-13H,2-3,5-6,9-10,17H2,1H3,(H2,18,19,20). The second-order valence-electron chi connectivity index (χ2n) is 5.73. The number of carbonyl (C=O) groups excluding carboxylic acids is 1. The van der Waals surface area contributed by atoms with E-state index in [1.165, 1.54) is 25.7 Å². The van der Waals surface area contributed by atoms with E-state index in [0.717, 1.165) is 30.1 Å². The fraction of sp³-hybridized carbons (Fsp3) is 0.562. The van der Waals surface area contributed by atoms with E-state index in [4.69, 9.17) is 5.73 Å². The Labute approximate surface area is 121 Å². The molecule has 0 aliphatic heterocycles. The molecule has 1 aliphatic rings. The molecule has 1 atom stereocenters. The largest absolute Gasteiger partial charge is 0.338 e. The lowest BCUT2D eigenvalue weighted by Crippen LogP contribution is -2.30.